The van der Waals surface area contributed by atoms with Crippen molar-refractivity contribution < 1.29 is 4.79 Å². The molecule has 1 aromatic heterocycles. The lowest BCUT2D eigenvalue weighted by molar-refractivity contribution is 0.0964. The fourth-order valence-electron chi connectivity index (χ4n) is 1.57. The van der Waals surface area contributed by atoms with Crippen molar-refractivity contribution in [2.75, 3.05) is 7.05 Å². The van der Waals surface area contributed by atoms with Crippen LogP contribution in [0.2, 0.25) is 0 Å². The molecule has 0 aliphatic heterocycles. The van der Waals surface area contributed by atoms with E-state index in [4.69, 9.17) is 0 Å². The van der Waals surface area contributed by atoms with Gasteiger partial charge in [0.1, 0.15) is 0 Å². The minimum Gasteiger partial charge on any atom is -0.355 e. The molecule has 0 aliphatic carbocycles. The Morgan fingerprint density at radius 3 is 2.79 bits per heavy atom. The van der Waals surface area contributed by atoms with E-state index in [9.17, 15) is 4.79 Å². The van der Waals surface area contributed by atoms with Crippen molar-refractivity contribution in [3.63, 3.8) is 0 Å². The van der Waals surface area contributed by atoms with Gasteiger partial charge in [0.05, 0.1) is 5.56 Å². The van der Waals surface area contributed by atoms with Gasteiger partial charge in [0, 0.05) is 22.0 Å². The average molecular weight is 205 g/mol. The van der Waals surface area contributed by atoms with Gasteiger partial charge in [-0.2, -0.15) is 0 Å². The molecule has 14 heavy (non-hydrogen) atoms. The number of carbonyl (C=O) groups excluding carboxylic acids is 1. The zero-order valence-corrected chi connectivity index (χ0v) is 8.94. The summed E-state index contributed by atoms with van der Waals surface area (Å²) in [6, 6.07) is 7.98. The van der Waals surface area contributed by atoms with Gasteiger partial charge in [-0.25, -0.2) is 0 Å². The third kappa shape index (κ3) is 1.30. The Morgan fingerprint density at radius 1 is 1.36 bits per heavy atom. The minimum atomic E-state index is -0.0000463. The fourth-order valence-corrected chi connectivity index (χ4v) is 2.64. The average Bonchev–Trinajstić information content (AvgIpc) is 2.53. The summed E-state index contributed by atoms with van der Waals surface area (Å²) in [4.78, 5) is 12.7. The molecule has 0 unspecified atom stereocenters. The number of thiophene rings is 1. The van der Waals surface area contributed by atoms with Crippen LogP contribution < -0.4 is 5.32 Å². The van der Waals surface area contributed by atoms with Crippen molar-refractivity contribution in [1.29, 1.82) is 0 Å². The number of rotatable bonds is 1. The molecular formula is C11H11NOS. The van der Waals surface area contributed by atoms with Crippen molar-refractivity contribution in [2.24, 2.45) is 0 Å². The summed E-state index contributed by atoms with van der Waals surface area (Å²) < 4.78 is 1.17. The predicted molar refractivity (Wildman–Crippen MR) is 60.0 cm³/mol. The van der Waals surface area contributed by atoms with Crippen molar-refractivity contribution in [2.45, 2.75) is 6.92 Å². The van der Waals surface area contributed by atoms with Crippen LogP contribution in [0.4, 0.5) is 0 Å². The summed E-state index contributed by atoms with van der Waals surface area (Å²) in [5.41, 5.74) is 0.813. The molecule has 1 heterocycles. The fraction of sp³-hybridized carbons (Fsp3) is 0.182. The summed E-state index contributed by atoms with van der Waals surface area (Å²) in [5.74, 6) is -0.0000463. The maximum Gasteiger partial charge on any atom is 0.252 e. The monoisotopic (exact) mass is 205 g/mol. The van der Waals surface area contributed by atoms with Crippen molar-refractivity contribution in [3.05, 3.63) is 34.7 Å². The lowest BCUT2D eigenvalue weighted by Crippen LogP contribution is -2.18. The van der Waals surface area contributed by atoms with Gasteiger partial charge in [0.2, 0.25) is 0 Å². The molecule has 1 aromatic carbocycles. The largest absolute Gasteiger partial charge is 0.355 e. The molecular weight excluding hydrogens is 194 g/mol. The van der Waals surface area contributed by atoms with E-state index in [1.807, 2.05) is 31.2 Å². The molecule has 2 aromatic rings. The standard InChI is InChI=1S/C11H11NOS/c1-7-10(11(13)12-2)8-5-3-4-6-9(8)14-7/h3-6H,1-2H3,(H,12,13). The summed E-state index contributed by atoms with van der Waals surface area (Å²) >= 11 is 1.66. The first kappa shape index (κ1) is 9.21. The summed E-state index contributed by atoms with van der Waals surface area (Å²) in [6.07, 6.45) is 0. The highest BCUT2D eigenvalue weighted by atomic mass is 32.1. The molecule has 0 aliphatic rings. The number of aryl methyl sites for hydroxylation is 1. The van der Waals surface area contributed by atoms with Gasteiger partial charge in [0.15, 0.2) is 0 Å². The van der Waals surface area contributed by atoms with Gasteiger partial charge in [-0.05, 0) is 13.0 Å². The van der Waals surface area contributed by atoms with E-state index in [1.54, 1.807) is 18.4 Å². The molecule has 0 radical (unpaired) electrons. The summed E-state index contributed by atoms with van der Waals surface area (Å²) in [6.45, 7) is 1.98. The molecule has 0 atom stereocenters. The van der Waals surface area contributed by atoms with E-state index in [2.05, 4.69) is 5.32 Å². The van der Waals surface area contributed by atoms with E-state index in [0.29, 0.717) is 0 Å². The molecule has 0 saturated heterocycles. The Morgan fingerprint density at radius 2 is 2.07 bits per heavy atom. The first-order chi connectivity index (χ1) is 6.74. The third-order valence-electron chi connectivity index (χ3n) is 2.23. The molecule has 3 heteroatoms. The highest BCUT2D eigenvalue weighted by Gasteiger charge is 2.13. The van der Waals surface area contributed by atoms with E-state index >= 15 is 0 Å². The second-order valence-electron chi connectivity index (χ2n) is 3.11. The van der Waals surface area contributed by atoms with Gasteiger partial charge < -0.3 is 5.32 Å². The van der Waals surface area contributed by atoms with Crippen LogP contribution in [0, 0.1) is 6.92 Å². The van der Waals surface area contributed by atoms with Crippen LogP contribution in [0.15, 0.2) is 24.3 Å². The normalized spacial score (nSPS) is 10.4. The van der Waals surface area contributed by atoms with Gasteiger partial charge >= 0.3 is 0 Å². The van der Waals surface area contributed by atoms with Crippen LogP contribution in [0.25, 0.3) is 10.1 Å². The first-order valence-electron chi connectivity index (χ1n) is 4.44. The SMILES string of the molecule is CNC(=O)c1c(C)sc2ccccc12. The number of carbonyl (C=O) groups is 1. The van der Waals surface area contributed by atoms with E-state index in [-0.39, 0.29) is 5.91 Å². The van der Waals surface area contributed by atoms with Gasteiger partial charge in [0.25, 0.3) is 5.91 Å². The molecule has 2 rings (SSSR count). The number of nitrogens with one attached hydrogen (secondary N) is 1. The van der Waals surface area contributed by atoms with Gasteiger partial charge in [-0.1, -0.05) is 18.2 Å². The Labute approximate surface area is 86.6 Å². The molecule has 2 nitrogen and oxygen atoms in total. The zero-order chi connectivity index (χ0) is 10.1. The second-order valence-corrected chi connectivity index (χ2v) is 4.36. The molecule has 72 valence electrons. The number of amides is 1. The number of benzene rings is 1. The molecule has 0 fully saturated rings. The molecule has 0 saturated carbocycles. The Bertz CT molecular complexity index is 487. The maximum atomic E-state index is 11.6. The van der Waals surface area contributed by atoms with Crippen molar-refractivity contribution in [1.82, 2.24) is 5.32 Å². The summed E-state index contributed by atoms with van der Waals surface area (Å²) in [7, 11) is 1.66. The highest BCUT2D eigenvalue weighted by Crippen LogP contribution is 2.30. The van der Waals surface area contributed by atoms with Gasteiger partial charge in [-0.3, -0.25) is 4.79 Å². The van der Waals surface area contributed by atoms with Crippen LogP contribution >= 0.6 is 11.3 Å². The second kappa shape index (κ2) is 3.42. The molecule has 0 bridgehead atoms. The third-order valence-corrected chi connectivity index (χ3v) is 3.31. The lowest BCUT2D eigenvalue weighted by Gasteiger charge is -1.98. The predicted octanol–water partition coefficient (Wildman–Crippen LogP) is 2.57. The van der Waals surface area contributed by atoms with Crippen LogP contribution in [-0.4, -0.2) is 13.0 Å². The maximum absolute atomic E-state index is 11.6. The van der Waals surface area contributed by atoms with E-state index in [1.165, 1.54) is 4.70 Å². The molecule has 1 amide bonds. The molecule has 0 spiro atoms. The topological polar surface area (TPSA) is 29.1 Å². The minimum absolute atomic E-state index is 0.0000463. The Kier molecular flexibility index (Phi) is 2.25. The van der Waals surface area contributed by atoms with Crippen LogP contribution in [0.5, 0.6) is 0 Å². The van der Waals surface area contributed by atoms with E-state index in [0.717, 1.165) is 15.8 Å². The first-order valence-corrected chi connectivity index (χ1v) is 5.26. The van der Waals surface area contributed by atoms with E-state index < -0.39 is 0 Å². The smallest absolute Gasteiger partial charge is 0.252 e. The molecule has 1 N–H and O–H groups in total. The quantitative estimate of drug-likeness (QED) is 0.761. The van der Waals surface area contributed by atoms with Crippen molar-refractivity contribution in [3.8, 4) is 0 Å². The number of hydrogen-bond acceptors (Lipinski definition) is 2. The van der Waals surface area contributed by atoms with Crippen LogP contribution in [-0.2, 0) is 0 Å². The number of hydrogen-bond donors (Lipinski definition) is 1. The Balaban J connectivity index is 2.74. The van der Waals surface area contributed by atoms with Crippen LogP contribution in [0.1, 0.15) is 15.2 Å². The van der Waals surface area contributed by atoms with Crippen molar-refractivity contribution >= 4 is 27.3 Å². The number of fused-ring (bicyclic) bond motifs is 1. The zero-order valence-electron chi connectivity index (χ0n) is 8.13. The highest BCUT2D eigenvalue weighted by molar-refractivity contribution is 7.19. The van der Waals surface area contributed by atoms with Gasteiger partial charge in [-0.15, -0.1) is 11.3 Å². The lowest BCUT2D eigenvalue weighted by atomic mass is 10.1. The van der Waals surface area contributed by atoms with Crippen LogP contribution in [0.3, 0.4) is 0 Å². The summed E-state index contributed by atoms with van der Waals surface area (Å²) in [5, 5.41) is 3.72. The Hall–Kier alpha value is -1.35.